The molecular formula is C12H15ClN4O. The highest BCUT2D eigenvalue weighted by atomic mass is 35.5. The van der Waals surface area contributed by atoms with E-state index in [1.807, 2.05) is 13.8 Å². The van der Waals surface area contributed by atoms with E-state index < -0.39 is 0 Å². The number of rotatable bonds is 1. The molecule has 0 N–H and O–H groups in total. The van der Waals surface area contributed by atoms with E-state index in [2.05, 4.69) is 22.2 Å². The number of hydrogen-bond acceptors (Lipinski definition) is 4. The second-order valence-electron chi connectivity index (χ2n) is 4.85. The van der Waals surface area contributed by atoms with Gasteiger partial charge in [-0.1, -0.05) is 11.6 Å². The van der Waals surface area contributed by atoms with Crippen molar-refractivity contribution in [3.8, 4) is 0 Å². The molecule has 0 saturated carbocycles. The number of aryl methyl sites for hydroxylation is 1. The minimum absolute atomic E-state index is 0.0272. The van der Waals surface area contributed by atoms with Crippen LogP contribution in [0.5, 0.6) is 0 Å². The summed E-state index contributed by atoms with van der Waals surface area (Å²) in [5.41, 5.74) is 2.72. The van der Waals surface area contributed by atoms with Gasteiger partial charge in [-0.05, 0) is 39.2 Å². The molecule has 1 aliphatic heterocycles. The third-order valence-electron chi connectivity index (χ3n) is 3.58. The molecule has 0 aromatic carbocycles. The highest BCUT2D eigenvalue weighted by Crippen LogP contribution is 2.32. The van der Waals surface area contributed by atoms with E-state index >= 15 is 0 Å². The van der Waals surface area contributed by atoms with Crippen molar-refractivity contribution in [2.75, 3.05) is 0 Å². The topological polar surface area (TPSA) is 52.3 Å². The second kappa shape index (κ2) is 4.17. The van der Waals surface area contributed by atoms with Crippen LogP contribution < -0.4 is 0 Å². The van der Waals surface area contributed by atoms with Crippen LogP contribution in [-0.2, 0) is 4.74 Å². The Labute approximate surface area is 110 Å². The molecule has 0 radical (unpaired) electrons. The monoisotopic (exact) mass is 266 g/mol. The Hall–Kier alpha value is -1.20. The fourth-order valence-corrected chi connectivity index (χ4v) is 2.52. The van der Waals surface area contributed by atoms with Crippen LogP contribution in [0.15, 0.2) is 0 Å². The summed E-state index contributed by atoms with van der Waals surface area (Å²) in [5, 5.41) is 13.3. The Morgan fingerprint density at radius 2 is 2.00 bits per heavy atom. The van der Waals surface area contributed by atoms with E-state index in [0.717, 1.165) is 35.4 Å². The molecule has 1 saturated heterocycles. The molecule has 96 valence electrons. The molecule has 0 spiro atoms. The fourth-order valence-electron chi connectivity index (χ4n) is 2.30. The average molecular weight is 267 g/mol. The maximum absolute atomic E-state index is 6.13. The smallest absolute Gasteiger partial charge is 0.183 e. The van der Waals surface area contributed by atoms with Crippen LogP contribution >= 0.6 is 11.6 Å². The maximum atomic E-state index is 6.13. The van der Waals surface area contributed by atoms with Crippen LogP contribution in [-0.4, -0.2) is 25.9 Å². The van der Waals surface area contributed by atoms with Crippen molar-refractivity contribution in [3.05, 3.63) is 22.1 Å². The quantitative estimate of drug-likeness (QED) is 0.796. The number of fused-ring (bicyclic) bond motifs is 1. The van der Waals surface area contributed by atoms with Gasteiger partial charge in [0.05, 0.1) is 6.10 Å². The van der Waals surface area contributed by atoms with Crippen molar-refractivity contribution in [2.24, 2.45) is 0 Å². The summed E-state index contributed by atoms with van der Waals surface area (Å²) in [6.45, 7) is 5.99. The van der Waals surface area contributed by atoms with E-state index in [1.165, 1.54) is 0 Å². The van der Waals surface area contributed by atoms with E-state index in [9.17, 15) is 0 Å². The molecule has 2 unspecified atom stereocenters. The van der Waals surface area contributed by atoms with Gasteiger partial charge in [0, 0.05) is 5.56 Å². The van der Waals surface area contributed by atoms with Gasteiger partial charge in [0.25, 0.3) is 0 Å². The molecular weight excluding hydrogens is 252 g/mol. The van der Waals surface area contributed by atoms with E-state index in [1.54, 1.807) is 4.52 Å². The van der Waals surface area contributed by atoms with Crippen molar-refractivity contribution in [3.63, 3.8) is 0 Å². The van der Waals surface area contributed by atoms with Gasteiger partial charge in [-0.25, -0.2) is 0 Å². The molecule has 2 aromatic heterocycles. The maximum Gasteiger partial charge on any atom is 0.183 e. The summed E-state index contributed by atoms with van der Waals surface area (Å²) in [7, 11) is 0. The zero-order chi connectivity index (χ0) is 12.9. The van der Waals surface area contributed by atoms with Crippen LogP contribution in [0, 0.1) is 13.8 Å². The molecule has 0 bridgehead atoms. The summed E-state index contributed by atoms with van der Waals surface area (Å²) in [6.07, 6.45) is 2.23. The SMILES string of the molecule is Cc1c(Cl)nn2c(C3CCC(C)O3)nnc2c1C. The van der Waals surface area contributed by atoms with Crippen molar-refractivity contribution < 1.29 is 4.74 Å². The van der Waals surface area contributed by atoms with Crippen LogP contribution in [0.25, 0.3) is 5.65 Å². The van der Waals surface area contributed by atoms with Crippen molar-refractivity contribution in [1.29, 1.82) is 0 Å². The number of nitrogens with zero attached hydrogens (tertiary/aromatic N) is 4. The van der Waals surface area contributed by atoms with E-state index in [-0.39, 0.29) is 12.2 Å². The highest BCUT2D eigenvalue weighted by molar-refractivity contribution is 6.30. The Balaban J connectivity index is 2.15. The van der Waals surface area contributed by atoms with Gasteiger partial charge >= 0.3 is 0 Å². The lowest BCUT2D eigenvalue weighted by Gasteiger charge is -2.09. The molecule has 1 aliphatic rings. The predicted molar refractivity (Wildman–Crippen MR) is 67.8 cm³/mol. The zero-order valence-electron chi connectivity index (χ0n) is 10.6. The number of aromatic nitrogens is 4. The van der Waals surface area contributed by atoms with Gasteiger partial charge in [-0.2, -0.15) is 9.61 Å². The summed E-state index contributed by atoms with van der Waals surface area (Å²) in [6, 6.07) is 0. The largest absolute Gasteiger partial charge is 0.367 e. The highest BCUT2D eigenvalue weighted by Gasteiger charge is 2.28. The summed E-state index contributed by atoms with van der Waals surface area (Å²) >= 11 is 6.13. The van der Waals surface area contributed by atoms with Gasteiger partial charge in [0.15, 0.2) is 16.6 Å². The first-order chi connectivity index (χ1) is 8.58. The summed E-state index contributed by atoms with van der Waals surface area (Å²) in [4.78, 5) is 0. The molecule has 3 rings (SSSR count). The lowest BCUT2D eigenvalue weighted by atomic mass is 10.2. The molecule has 3 heterocycles. The van der Waals surface area contributed by atoms with Crippen molar-refractivity contribution in [1.82, 2.24) is 19.8 Å². The minimum atomic E-state index is -0.0272. The first-order valence-corrected chi connectivity index (χ1v) is 6.49. The Bertz CT molecular complexity index is 610. The van der Waals surface area contributed by atoms with Crippen LogP contribution in [0.2, 0.25) is 5.15 Å². The van der Waals surface area contributed by atoms with E-state index in [0.29, 0.717) is 5.15 Å². The van der Waals surface area contributed by atoms with Crippen LogP contribution in [0.1, 0.15) is 42.8 Å². The molecule has 0 amide bonds. The van der Waals surface area contributed by atoms with Gasteiger partial charge in [-0.3, -0.25) is 0 Å². The van der Waals surface area contributed by atoms with Crippen molar-refractivity contribution >= 4 is 17.2 Å². The van der Waals surface area contributed by atoms with Gasteiger partial charge in [0.2, 0.25) is 0 Å². The third kappa shape index (κ3) is 1.69. The lowest BCUT2D eigenvalue weighted by Crippen LogP contribution is -2.08. The first kappa shape index (κ1) is 11.9. The summed E-state index contributed by atoms with van der Waals surface area (Å²) in [5.74, 6) is 0.749. The second-order valence-corrected chi connectivity index (χ2v) is 5.21. The van der Waals surface area contributed by atoms with E-state index in [4.69, 9.17) is 16.3 Å². The Morgan fingerprint density at radius 3 is 2.67 bits per heavy atom. The van der Waals surface area contributed by atoms with Gasteiger partial charge in [0.1, 0.15) is 6.10 Å². The number of halogens is 1. The Morgan fingerprint density at radius 1 is 1.22 bits per heavy atom. The van der Waals surface area contributed by atoms with Crippen LogP contribution in [0.4, 0.5) is 0 Å². The normalized spacial score (nSPS) is 24.0. The molecule has 2 atom stereocenters. The molecule has 2 aromatic rings. The standard InChI is InChI=1S/C12H15ClN4O/c1-6-4-5-9(18-6)12-15-14-11-8(3)7(2)10(13)16-17(11)12/h6,9H,4-5H2,1-3H3. The first-order valence-electron chi connectivity index (χ1n) is 6.11. The Kier molecular flexibility index (Phi) is 2.75. The number of hydrogen-bond donors (Lipinski definition) is 0. The molecule has 0 aliphatic carbocycles. The summed E-state index contributed by atoms with van der Waals surface area (Å²) < 4.78 is 7.53. The molecule has 1 fully saturated rings. The van der Waals surface area contributed by atoms with Crippen LogP contribution in [0.3, 0.4) is 0 Å². The zero-order valence-corrected chi connectivity index (χ0v) is 11.4. The fraction of sp³-hybridized carbons (Fsp3) is 0.583. The minimum Gasteiger partial charge on any atom is -0.367 e. The third-order valence-corrected chi connectivity index (χ3v) is 3.94. The average Bonchev–Trinajstić information content (AvgIpc) is 2.92. The predicted octanol–water partition coefficient (Wildman–Crippen LogP) is 2.63. The molecule has 18 heavy (non-hydrogen) atoms. The molecule has 5 nitrogen and oxygen atoms in total. The van der Waals surface area contributed by atoms with Crippen molar-refractivity contribution in [2.45, 2.75) is 45.8 Å². The lowest BCUT2D eigenvalue weighted by molar-refractivity contribution is 0.0491. The van der Waals surface area contributed by atoms with Gasteiger partial charge in [-0.15, -0.1) is 10.2 Å². The molecule has 6 heteroatoms. The van der Waals surface area contributed by atoms with Gasteiger partial charge < -0.3 is 4.74 Å². The number of ether oxygens (including phenoxy) is 1.